The van der Waals surface area contributed by atoms with E-state index in [0.29, 0.717) is 5.76 Å². The number of Topliss-reactive ketones (excluding diaryl/α,β-unsaturated/α-hetero) is 1. The van der Waals surface area contributed by atoms with E-state index in [0.717, 1.165) is 0 Å². The van der Waals surface area contributed by atoms with Crippen LogP contribution in [0.5, 0.6) is 0 Å². The molecule has 0 saturated heterocycles. The van der Waals surface area contributed by atoms with Gasteiger partial charge in [0.2, 0.25) is 5.78 Å². The molecule has 0 aromatic rings. The highest BCUT2D eigenvalue weighted by atomic mass is 16.5. The molecule has 0 heterocycles. The van der Waals surface area contributed by atoms with Crippen LogP contribution in [-0.4, -0.2) is 12.9 Å². The average Bonchev–Trinajstić information content (AvgIpc) is 1.95. The normalized spacial score (nSPS) is 24.4. The zero-order valence-electron chi connectivity index (χ0n) is 6.13. The summed E-state index contributed by atoms with van der Waals surface area (Å²) in [6.45, 7) is 1.85. The van der Waals surface area contributed by atoms with Crippen LogP contribution in [0.15, 0.2) is 24.0 Å². The van der Waals surface area contributed by atoms with Gasteiger partial charge < -0.3 is 4.74 Å². The van der Waals surface area contributed by atoms with Gasteiger partial charge in [-0.2, -0.15) is 0 Å². The number of rotatable bonds is 1. The first kappa shape index (κ1) is 7.06. The maximum atomic E-state index is 11.1. The van der Waals surface area contributed by atoms with Crippen LogP contribution < -0.4 is 0 Å². The zero-order chi connectivity index (χ0) is 7.56. The summed E-state index contributed by atoms with van der Waals surface area (Å²) >= 11 is 0. The van der Waals surface area contributed by atoms with Gasteiger partial charge in [-0.25, -0.2) is 0 Å². The molecule has 0 fully saturated rings. The van der Waals surface area contributed by atoms with Gasteiger partial charge in [0, 0.05) is 5.92 Å². The van der Waals surface area contributed by atoms with Crippen molar-refractivity contribution in [2.24, 2.45) is 5.92 Å². The molecule has 0 aromatic carbocycles. The molecule has 2 nitrogen and oxygen atoms in total. The number of hydrogen-bond donors (Lipinski definition) is 0. The van der Waals surface area contributed by atoms with Crippen LogP contribution >= 0.6 is 0 Å². The summed E-state index contributed by atoms with van der Waals surface area (Å²) in [5.41, 5.74) is 0. The Morgan fingerprint density at radius 1 is 1.60 bits per heavy atom. The van der Waals surface area contributed by atoms with E-state index in [-0.39, 0.29) is 11.7 Å². The molecular weight excluding hydrogens is 128 g/mol. The van der Waals surface area contributed by atoms with Crippen molar-refractivity contribution in [1.82, 2.24) is 0 Å². The molecule has 1 unspecified atom stereocenters. The monoisotopic (exact) mass is 138 g/mol. The minimum absolute atomic E-state index is 0.0278. The molecule has 0 radical (unpaired) electrons. The van der Waals surface area contributed by atoms with E-state index in [4.69, 9.17) is 4.74 Å². The summed E-state index contributed by atoms with van der Waals surface area (Å²) in [6, 6.07) is 0. The van der Waals surface area contributed by atoms with Crippen LogP contribution in [0.4, 0.5) is 0 Å². The predicted octanol–water partition coefficient (Wildman–Crippen LogP) is 1.29. The van der Waals surface area contributed by atoms with Crippen molar-refractivity contribution in [1.29, 1.82) is 0 Å². The maximum absolute atomic E-state index is 11.1. The summed E-state index contributed by atoms with van der Waals surface area (Å²) in [6.07, 6.45) is 5.37. The maximum Gasteiger partial charge on any atom is 0.203 e. The summed E-state index contributed by atoms with van der Waals surface area (Å²) in [5, 5.41) is 0. The molecule has 1 aliphatic carbocycles. The van der Waals surface area contributed by atoms with E-state index in [1.54, 1.807) is 6.08 Å². The van der Waals surface area contributed by atoms with Crippen LogP contribution in [0.25, 0.3) is 0 Å². The highest BCUT2D eigenvalue weighted by Gasteiger charge is 2.17. The van der Waals surface area contributed by atoms with Gasteiger partial charge >= 0.3 is 0 Å². The molecular formula is C8H10O2. The van der Waals surface area contributed by atoms with E-state index in [1.165, 1.54) is 7.11 Å². The van der Waals surface area contributed by atoms with Gasteiger partial charge in [-0.3, -0.25) is 4.79 Å². The highest BCUT2D eigenvalue weighted by Crippen LogP contribution is 2.13. The first-order chi connectivity index (χ1) is 4.75. The van der Waals surface area contributed by atoms with E-state index < -0.39 is 0 Å². The van der Waals surface area contributed by atoms with E-state index >= 15 is 0 Å². The minimum atomic E-state index is -0.0278. The van der Waals surface area contributed by atoms with E-state index in [2.05, 4.69) is 0 Å². The van der Waals surface area contributed by atoms with Crippen molar-refractivity contribution in [3.8, 4) is 0 Å². The fourth-order valence-electron chi connectivity index (χ4n) is 0.872. The van der Waals surface area contributed by atoms with Crippen molar-refractivity contribution in [3.05, 3.63) is 24.0 Å². The Bertz CT molecular complexity index is 201. The third-order valence-corrected chi connectivity index (χ3v) is 1.52. The van der Waals surface area contributed by atoms with Crippen molar-refractivity contribution in [2.75, 3.05) is 7.11 Å². The second kappa shape index (κ2) is 2.69. The summed E-state index contributed by atoms with van der Waals surface area (Å²) in [4.78, 5) is 11.1. The first-order valence-electron chi connectivity index (χ1n) is 3.22. The fraction of sp³-hybridized carbons (Fsp3) is 0.375. The van der Waals surface area contributed by atoms with Gasteiger partial charge in [0.25, 0.3) is 0 Å². The molecule has 0 aromatic heterocycles. The van der Waals surface area contributed by atoms with Crippen LogP contribution in [-0.2, 0) is 9.53 Å². The summed E-state index contributed by atoms with van der Waals surface area (Å²) in [7, 11) is 1.51. The molecule has 0 spiro atoms. The summed E-state index contributed by atoms with van der Waals surface area (Å²) in [5.74, 6) is 0.486. The Balaban J connectivity index is 2.82. The Hall–Kier alpha value is -1.05. The van der Waals surface area contributed by atoms with Crippen LogP contribution in [0.1, 0.15) is 6.92 Å². The van der Waals surface area contributed by atoms with Crippen LogP contribution in [0.3, 0.4) is 0 Å². The van der Waals surface area contributed by atoms with E-state index in [9.17, 15) is 4.79 Å². The molecule has 10 heavy (non-hydrogen) atoms. The standard InChI is InChI=1S/C8H10O2/c1-6-4-3-5-7(10-2)8(6)9/h3-6H,1-2H3. The van der Waals surface area contributed by atoms with Gasteiger partial charge in [0.15, 0.2) is 5.76 Å². The van der Waals surface area contributed by atoms with Gasteiger partial charge in [-0.05, 0) is 6.08 Å². The molecule has 1 rings (SSSR count). The third kappa shape index (κ3) is 1.10. The molecule has 0 aliphatic heterocycles. The topological polar surface area (TPSA) is 26.3 Å². The lowest BCUT2D eigenvalue weighted by atomic mass is 10.0. The Kier molecular flexibility index (Phi) is 1.90. The third-order valence-electron chi connectivity index (χ3n) is 1.52. The quantitative estimate of drug-likeness (QED) is 0.545. The lowest BCUT2D eigenvalue weighted by Gasteiger charge is -2.10. The Labute approximate surface area is 60.2 Å². The highest BCUT2D eigenvalue weighted by molar-refractivity contribution is 5.97. The van der Waals surface area contributed by atoms with Crippen molar-refractivity contribution in [3.63, 3.8) is 0 Å². The Morgan fingerprint density at radius 2 is 2.30 bits per heavy atom. The molecule has 0 amide bonds. The number of methoxy groups -OCH3 is 1. The second-order valence-corrected chi connectivity index (χ2v) is 2.27. The van der Waals surface area contributed by atoms with E-state index in [1.807, 2.05) is 19.1 Å². The number of carbonyl (C=O) groups is 1. The van der Waals surface area contributed by atoms with Gasteiger partial charge in [0.05, 0.1) is 7.11 Å². The number of hydrogen-bond acceptors (Lipinski definition) is 2. The fourth-order valence-corrected chi connectivity index (χ4v) is 0.872. The van der Waals surface area contributed by atoms with Crippen LogP contribution in [0.2, 0.25) is 0 Å². The number of ether oxygens (including phenoxy) is 1. The van der Waals surface area contributed by atoms with Crippen molar-refractivity contribution < 1.29 is 9.53 Å². The number of allylic oxidation sites excluding steroid dienone is 4. The van der Waals surface area contributed by atoms with Gasteiger partial charge in [0.1, 0.15) is 0 Å². The average molecular weight is 138 g/mol. The lowest BCUT2D eigenvalue weighted by molar-refractivity contribution is -0.120. The number of ketones is 1. The Morgan fingerprint density at radius 3 is 2.80 bits per heavy atom. The van der Waals surface area contributed by atoms with Crippen molar-refractivity contribution in [2.45, 2.75) is 6.92 Å². The zero-order valence-corrected chi connectivity index (χ0v) is 6.13. The molecule has 0 saturated carbocycles. The van der Waals surface area contributed by atoms with Crippen molar-refractivity contribution >= 4 is 5.78 Å². The predicted molar refractivity (Wildman–Crippen MR) is 38.4 cm³/mol. The SMILES string of the molecule is COC1=CC=CC(C)C1=O. The molecule has 0 bridgehead atoms. The smallest absolute Gasteiger partial charge is 0.203 e. The van der Waals surface area contributed by atoms with Gasteiger partial charge in [-0.15, -0.1) is 0 Å². The number of carbonyl (C=O) groups excluding carboxylic acids is 1. The first-order valence-corrected chi connectivity index (χ1v) is 3.22. The van der Waals surface area contributed by atoms with Gasteiger partial charge in [-0.1, -0.05) is 19.1 Å². The van der Waals surface area contributed by atoms with Crippen LogP contribution in [0, 0.1) is 5.92 Å². The second-order valence-electron chi connectivity index (χ2n) is 2.27. The summed E-state index contributed by atoms with van der Waals surface area (Å²) < 4.78 is 4.83. The molecule has 54 valence electrons. The molecule has 0 N–H and O–H groups in total. The molecule has 1 atom stereocenters. The largest absolute Gasteiger partial charge is 0.493 e. The molecule has 2 heteroatoms. The molecule has 1 aliphatic rings. The minimum Gasteiger partial charge on any atom is -0.493 e. The lowest BCUT2D eigenvalue weighted by Crippen LogP contribution is -2.14.